The van der Waals surface area contributed by atoms with Crippen molar-refractivity contribution in [2.75, 3.05) is 27.4 Å². The van der Waals surface area contributed by atoms with E-state index in [1.54, 1.807) is 14.2 Å². The van der Waals surface area contributed by atoms with Gasteiger partial charge in [0.05, 0.1) is 38.3 Å². The number of nitrogens with zero attached hydrogens (tertiary/aromatic N) is 2. The number of hydrogen-bond donors (Lipinski definition) is 1. The molecule has 224 valence electrons. The van der Waals surface area contributed by atoms with E-state index in [0.717, 1.165) is 83.9 Å². The van der Waals surface area contributed by atoms with Crippen molar-refractivity contribution in [2.45, 2.75) is 65.3 Å². The maximum absolute atomic E-state index is 12.4. The van der Waals surface area contributed by atoms with Gasteiger partial charge in [-0.25, -0.2) is 4.98 Å². The van der Waals surface area contributed by atoms with Gasteiger partial charge in [0, 0.05) is 24.5 Å². The number of hydrogen-bond acceptors (Lipinski definition) is 5. The minimum absolute atomic E-state index is 0.00863. The summed E-state index contributed by atoms with van der Waals surface area (Å²) in [7, 11) is 3.19. The molecule has 0 radical (unpaired) electrons. The van der Waals surface area contributed by atoms with Gasteiger partial charge in [0.25, 0.3) is 0 Å². The number of methoxy groups -OCH3 is 2. The predicted octanol–water partition coefficient (Wildman–Crippen LogP) is 7.25. The van der Waals surface area contributed by atoms with Crippen molar-refractivity contribution in [3.63, 3.8) is 0 Å². The fourth-order valence-corrected chi connectivity index (χ4v) is 5.28. The molecule has 0 aliphatic rings. The summed E-state index contributed by atoms with van der Waals surface area (Å²) in [5.74, 6) is 3.29. The third-order valence-corrected chi connectivity index (χ3v) is 8.00. The molecule has 1 amide bonds. The van der Waals surface area contributed by atoms with Gasteiger partial charge in [0.1, 0.15) is 11.6 Å². The summed E-state index contributed by atoms with van der Waals surface area (Å²) in [6.07, 6.45) is 6.16. The molecule has 1 aromatic heterocycles. The first-order valence-corrected chi connectivity index (χ1v) is 15.1. The van der Waals surface area contributed by atoms with Gasteiger partial charge >= 0.3 is 0 Å². The Morgan fingerprint density at radius 2 is 1.67 bits per heavy atom. The monoisotopic (exact) mass is 591 g/mol. The second kappa shape index (κ2) is 15.5. The number of aryl methyl sites for hydroxylation is 4. The molecule has 0 unspecified atom stereocenters. The van der Waals surface area contributed by atoms with Crippen LogP contribution in [0, 0.1) is 13.8 Å². The average molecular weight is 592 g/mol. The van der Waals surface area contributed by atoms with Gasteiger partial charge in [0.15, 0.2) is 11.5 Å². The summed E-state index contributed by atoms with van der Waals surface area (Å²) < 4.78 is 19.0. The lowest BCUT2D eigenvalue weighted by molar-refractivity contribution is -0.120. The fraction of sp³-hybridized carbons (Fsp3) is 0.412. The molecule has 42 heavy (non-hydrogen) atoms. The molecule has 0 saturated heterocycles. The standard InChI is InChI=1S/C34H42ClN3O4/c1-24-20-27(21-25(2)34(24)35)42-19-11-10-18-38-29-13-8-7-12-28(29)37-32(38)14-6-5-9-17-36-33(39)23-26-15-16-30(40-3)31(22-26)41-4/h7-8,12-13,15-16,20-22H,5-6,9-11,14,17-19,23H2,1-4H3,(H,36,39). The van der Waals surface area contributed by atoms with Gasteiger partial charge in [-0.1, -0.05) is 36.2 Å². The number of halogens is 1. The van der Waals surface area contributed by atoms with E-state index < -0.39 is 0 Å². The molecule has 0 aliphatic carbocycles. The first kappa shape index (κ1) is 31.2. The molecule has 3 aromatic carbocycles. The first-order valence-electron chi connectivity index (χ1n) is 14.7. The Hall–Kier alpha value is -3.71. The topological polar surface area (TPSA) is 74.6 Å². The van der Waals surface area contributed by atoms with Crippen molar-refractivity contribution < 1.29 is 19.0 Å². The summed E-state index contributed by atoms with van der Waals surface area (Å²) in [6, 6.07) is 17.9. The molecular weight excluding hydrogens is 550 g/mol. The highest BCUT2D eigenvalue weighted by Crippen LogP contribution is 2.28. The Morgan fingerprint density at radius 3 is 2.43 bits per heavy atom. The number of para-hydroxylation sites is 2. The number of rotatable bonds is 16. The lowest BCUT2D eigenvalue weighted by Gasteiger charge is -2.12. The van der Waals surface area contributed by atoms with E-state index in [9.17, 15) is 4.79 Å². The van der Waals surface area contributed by atoms with E-state index in [4.69, 9.17) is 30.8 Å². The summed E-state index contributed by atoms with van der Waals surface area (Å²) in [5, 5.41) is 3.84. The van der Waals surface area contributed by atoms with Crippen molar-refractivity contribution in [1.29, 1.82) is 0 Å². The SMILES string of the molecule is COc1ccc(CC(=O)NCCCCCc2nc3ccccc3n2CCCCOc2cc(C)c(Cl)c(C)c2)cc1OC. The number of unbranched alkanes of at least 4 members (excludes halogenated alkanes) is 3. The van der Waals surface area contributed by atoms with E-state index in [0.29, 0.717) is 31.1 Å². The molecule has 1 N–H and O–H groups in total. The Morgan fingerprint density at radius 1 is 0.905 bits per heavy atom. The van der Waals surface area contributed by atoms with Crippen LogP contribution in [-0.4, -0.2) is 42.8 Å². The zero-order valence-electron chi connectivity index (χ0n) is 25.2. The molecule has 0 saturated carbocycles. The van der Waals surface area contributed by atoms with E-state index in [2.05, 4.69) is 28.1 Å². The minimum Gasteiger partial charge on any atom is -0.494 e. The van der Waals surface area contributed by atoms with Crippen LogP contribution in [-0.2, 0) is 24.2 Å². The van der Waals surface area contributed by atoms with Crippen molar-refractivity contribution in [3.05, 3.63) is 82.1 Å². The fourth-order valence-electron chi connectivity index (χ4n) is 5.17. The number of benzene rings is 3. The Kier molecular flexibility index (Phi) is 11.5. The number of carbonyl (C=O) groups is 1. The largest absolute Gasteiger partial charge is 0.494 e. The molecular formula is C34H42ClN3O4. The highest BCUT2D eigenvalue weighted by molar-refractivity contribution is 6.32. The molecule has 7 nitrogen and oxygen atoms in total. The van der Waals surface area contributed by atoms with Crippen LogP contribution < -0.4 is 19.5 Å². The second-order valence-electron chi connectivity index (χ2n) is 10.6. The quantitative estimate of drug-likeness (QED) is 0.139. The lowest BCUT2D eigenvalue weighted by Crippen LogP contribution is -2.26. The summed E-state index contributed by atoms with van der Waals surface area (Å²) in [5.41, 5.74) is 5.19. The first-order chi connectivity index (χ1) is 20.4. The molecule has 0 spiro atoms. The molecule has 1 heterocycles. The van der Waals surface area contributed by atoms with Crippen LogP contribution >= 0.6 is 11.6 Å². The van der Waals surface area contributed by atoms with Crippen LogP contribution in [0.15, 0.2) is 54.6 Å². The maximum atomic E-state index is 12.4. The molecule has 0 fully saturated rings. The third-order valence-electron chi connectivity index (χ3n) is 7.40. The van der Waals surface area contributed by atoms with Crippen molar-refractivity contribution in [1.82, 2.24) is 14.9 Å². The smallest absolute Gasteiger partial charge is 0.224 e. The summed E-state index contributed by atoms with van der Waals surface area (Å²) >= 11 is 6.28. The van der Waals surface area contributed by atoms with Crippen LogP contribution in [0.25, 0.3) is 11.0 Å². The van der Waals surface area contributed by atoms with Crippen LogP contribution in [0.2, 0.25) is 5.02 Å². The Labute approximate surface area is 254 Å². The molecule has 0 atom stereocenters. The van der Waals surface area contributed by atoms with E-state index in [1.807, 2.05) is 50.2 Å². The molecule has 0 aliphatic heterocycles. The van der Waals surface area contributed by atoms with Gasteiger partial charge in [-0.05, 0) is 92.6 Å². The lowest BCUT2D eigenvalue weighted by atomic mass is 10.1. The van der Waals surface area contributed by atoms with Crippen molar-refractivity contribution in [2.24, 2.45) is 0 Å². The number of fused-ring (bicyclic) bond motifs is 1. The number of aromatic nitrogens is 2. The second-order valence-corrected chi connectivity index (χ2v) is 11.0. The van der Waals surface area contributed by atoms with E-state index in [1.165, 1.54) is 5.52 Å². The third kappa shape index (κ3) is 8.41. The van der Waals surface area contributed by atoms with Gasteiger partial charge < -0.3 is 24.1 Å². The van der Waals surface area contributed by atoms with Crippen molar-refractivity contribution in [3.8, 4) is 17.2 Å². The predicted molar refractivity (Wildman–Crippen MR) is 169 cm³/mol. The molecule has 0 bridgehead atoms. The summed E-state index contributed by atoms with van der Waals surface area (Å²) in [6.45, 7) is 6.25. The molecule has 8 heteroatoms. The summed E-state index contributed by atoms with van der Waals surface area (Å²) in [4.78, 5) is 17.4. The number of nitrogens with one attached hydrogen (secondary N) is 1. The highest BCUT2D eigenvalue weighted by atomic mass is 35.5. The van der Waals surface area contributed by atoms with E-state index in [-0.39, 0.29) is 5.91 Å². The van der Waals surface area contributed by atoms with E-state index >= 15 is 0 Å². The number of carbonyl (C=O) groups excluding carboxylic acids is 1. The minimum atomic E-state index is 0.00863. The normalized spacial score (nSPS) is 11.1. The van der Waals surface area contributed by atoms with Gasteiger partial charge in [0.2, 0.25) is 5.91 Å². The van der Waals surface area contributed by atoms with Crippen molar-refractivity contribution >= 4 is 28.5 Å². The van der Waals surface area contributed by atoms with Crippen LogP contribution in [0.5, 0.6) is 17.2 Å². The van der Waals surface area contributed by atoms with Gasteiger partial charge in [-0.15, -0.1) is 0 Å². The Balaban J connectivity index is 1.20. The Bertz CT molecular complexity index is 1460. The average Bonchev–Trinajstić information content (AvgIpc) is 3.34. The van der Waals surface area contributed by atoms with Crippen LogP contribution in [0.1, 0.15) is 54.6 Å². The van der Waals surface area contributed by atoms with Crippen LogP contribution in [0.3, 0.4) is 0 Å². The number of imidazole rings is 1. The number of ether oxygens (including phenoxy) is 3. The maximum Gasteiger partial charge on any atom is 0.224 e. The molecule has 4 aromatic rings. The number of amides is 1. The van der Waals surface area contributed by atoms with Crippen LogP contribution in [0.4, 0.5) is 0 Å². The molecule has 4 rings (SSSR count). The van der Waals surface area contributed by atoms with Gasteiger partial charge in [-0.3, -0.25) is 4.79 Å². The van der Waals surface area contributed by atoms with Gasteiger partial charge in [-0.2, -0.15) is 0 Å². The highest BCUT2D eigenvalue weighted by Gasteiger charge is 2.11. The zero-order chi connectivity index (χ0) is 29.9. The zero-order valence-corrected chi connectivity index (χ0v) is 25.9.